The van der Waals surface area contributed by atoms with E-state index < -0.39 is 32.6 Å². The molecule has 19 heavy (non-hydrogen) atoms. The average molecular weight is 308 g/mol. The molecule has 1 fully saturated rings. The van der Waals surface area contributed by atoms with Gasteiger partial charge in [0, 0.05) is 13.1 Å². The molecule has 0 spiro atoms. The average Bonchev–Trinajstić information content (AvgIpc) is 2.78. The van der Waals surface area contributed by atoms with Crippen molar-refractivity contribution >= 4 is 27.6 Å². The Morgan fingerprint density at radius 3 is 2.68 bits per heavy atom. The fraction of sp³-hybridized carbons (Fsp3) is 0.364. The van der Waals surface area contributed by atoms with Crippen molar-refractivity contribution in [2.24, 2.45) is 5.92 Å². The summed E-state index contributed by atoms with van der Waals surface area (Å²) in [6, 6.07) is 3.59. The predicted octanol–water partition coefficient (Wildman–Crippen LogP) is 1.57. The summed E-state index contributed by atoms with van der Waals surface area (Å²) in [6.45, 7) is -0.119. The summed E-state index contributed by atoms with van der Waals surface area (Å²) in [5, 5.41) is 8.65. The van der Waals surface area contributed by atoms with Crippen molar-refractivity contribution < 1.29 is 22.7 Å². The maximum Gasteiger partial charge on any atom is 0.307 e. The first-order valence-electron chi connectivity index (χ1n) is 5.51. The first-order chi connectivity index (χ1) is 8.84. The third-order valence-corrected chi connectivity index (χ3v) is 5.39. The van der Waals surface area contributed by atoms with E-state index in [1.54, 1.807) is 0 Å². The quantitative estimate of drug-likeness (QED) is 0.920. The van der Waals surface area contributed by atoms with Gasteiger partial charge in [-0.1, -0.05) is 17.7 Å². The molecule has 1 heterocycles. The molecular formula is C11H11ClFNO4S. The molecule has 5 nitrogen and oxygen atoms in total. The minimum Gasteiger partial charge on any atom is -0.481 e. The monoisotopic (exact) mass is 307 g/mol. The molecule has 0 saturated carbocycles. The van der Waals surface area contributed by atoms with Crippen LogP contribution in [0.5, 0.6) is 0 Å². The van der Waals surface area contributed by atoms with Gasteiger partial charge in [0.25, 0.3) is 0 Å². The van der Waals surface area contributed by atoms with Gasteiger partial charge < -0.3 is 5.11 Å². The van der Waals surface area contributed by atoms with E-state index in [9.17, 15) is 17.6 Å². The predicted molar refractivity (Wildman–Crippen MR) is 65.9 cm³/mol. The molecule has 1 saturated heterocycles. The van der Waals surface area contributed by atoms with Crippen molar-refractivity contribution in [1.29, 1.82) is 0 Å². The normalized spacial score (nSPS) is 20.6. The first kappa shape index (κ1) is 14.2. The molecule has 104 valence electrons. The minimum atomic E-state index is -4.10. The molecule has 1 aromatic carbocycles. The van der Waals surface area contributed by atoms with Gasteiger partial charge >= 0.3 is 5.97 Å². The summed E-state index contributed by atoms with van der Waals surface area (Å²) in [5.41, 5.74) is 0. The van der Waals surface area contributed by atoms with Crippen LogP contribution in [0.25, 0.3) is 0 Å². The number of sulfonamides is 1. The number of hydrogen-bond donors (Lipinski definition) is 1. The number of hydrogen-bond acceptors (Lipinski definition) is 3. The van der Waals surface area contributed by atoms with Gasteiger partial charge in [-0.15, -0.1) is 0 Å². The Hall–Kier alpha value is -1.18. The third-order valence-electron chi connectivity index (χ3n) is 3.02. The second kappa shape index (κ2) is 5.07. The smallest absolute Gasteiger partial charge is 0.307 e. The molecule has 1 aliphatic heterocycles. The van der Waals surface area contributed by atoms with Gasteiger partial charge in [0.1, 0.15) is 10.7 Å². The number of carboxylic acids is 1. The van der Waals surface area contributed by atoms with Gasteiger partial charge in [0.15, 0.2) is 0 Å². The number of aliphatic carboxylic acids is 1. The maximum absolute atomic E-state index is 13.6. The van der Waals surface area contributed by atoms with Crippen molar-refractivity contribution in [2.75, 3.05) is 13.1 Å². The molecular weight excluding hydrogens is 297 g/mol. The molecule has 0 aliphatic carbocycles. The van der Waals surface area contributed by atoms with Crippen molar-refractivity contribution in [2.45, 2.75) is 11.3 Å². The van der Waals surface area contributed by atoms with E-state index in [4.69, 9.17) is 16.7 Å². The summed E-state index contributed by atoms with van der Waals surface area (Å²) in [4.78, 5) is 10.2. The topological polar surface area (TPSA) is 74.7 Å². The van der Waals surface area contributed by atoms with E-state index >= 15 is 0 Å². The molecule has 0 radical (unpaired) electrons. The second-order valence-corrected chi connectivity index (χ2v) is 6.52. The maximum atomic E-state index is 13.6. The highest BCUT2D eigenvalue weighted by Crippen LogP contribution is 2.30. The zero-order valence-electron chi connectivity index (χ0n) is 9.71. The van der Waals surface area contributed by atoms with E-state index in [0.717, 1.165) is 10.4 Å². The molecule has 1 N–H and O–H groups in total. The minimum absolute atomic E-state index is 0.0456. The van der Waals surface area contributed by atoms with Gasteiger partial charge in [-0.25, -0.2) is 12.8 Å². The van der Waals surface area contributed by atoms with Crippen LogP contribution in [0.1, 0.15) is 6.42 Å². The van der Waals surface area contributed by atoms with Crippen LogP contribution in [0, 0.1) is 11.7 Å². The molecule has 1 aromatic rings. The highest BCUT2D eigenvalue weighted by molar-refractivity contribution is 7.89. The van der Waals surface area contributed by atoms with Crippen LogP contribution in [0.4, 0.5) is 4.39 Å². The van der Waals surface area contributed by atoms with Crippen LogP contribution in [0.15, 0.2) is 23.1 Å². The zero-order valence-corrected chi connectivity index (χ0v) is 11.3. The molecule has 1 atom stereocenters. The summed E-state index contributed by atoms with van der Waals surface area (Å²) >= 11 is 5.73. The lowest BCUT2D eigenvalue weighted by Crippen LogP contribution is -2.30. The van der Waals surface area contributed by atoms with Gasteiger partial charge in [0.2, 0.25) is 10.0 Å². The van der Waals surface area contributed by atoms with Crippen LogP contribution < -0.4 is 0 Å². The van der Waals surface area contributed by atoms with Gasteiger partial charge in [-0.3, -0.25) is 4.79 Å². The van der Waals surface area contributed by atoms with E-state index in [1.807, 2.05) is 0 Å². The fourth-order valence-corrected chi connectivity index (χ4v) is 4.07. The number of carbonyl (C=O) groups is 1. The number of carboxylic acid groups (broad SMARTS) is 1. The highest BCUT2D eigenvalue weighted by Gasteiger charge is 2.37. The Labute approximate surface area is 114 Å². The summed E-state index contributed by atoms with van der Waals surface area (Å²) in [5.74, 6) is -2.76. The third kappa shape index (κ3) is 2.58. The SMILES string of the molecule is O=C(O)C1CCN(S(=O)(=O)c2c(F)cccc2Cl)C1. The van der Waals surface area contributed by atoms with Crippen molar-refractivity contribution in [3.8, 4) is 0 Å². The fourth-order valence-electron chi connectivity index (χ4n) is 2.01. The molecule has 0 bridgehead atoms. The van der Waals surface area contributed by atoms with Crippen LogP contribution >= 0.6 is 11.6 Å². The number of nitrogens with zero attached hydrogens (tertiary/aromatic N) is 1. The number of benzene rings is 1. The molecule has 0 aromatic heterocycles. The van der Waals surface area contributed by atoms with E-state index in [1.165, 1.54) is 12.1 Å². The molecule has 1 aliphatic rings. The number of rotatable bonds is 3. The van der Waals surface area contributed by atoms with Crippen molar-refractivity contribution in [1.82, 2.24) is 4.31 Å². The molecule has 8 heteroatoms. The van der Waals surface area contributed by atoms with E-state index in [-0.39, 0.29) is 24.5 Å². The number of halogens is 2. The van der Waals surface area contributed by atoms with Gasteiger partial charge in [-0.05, 0) is 18.6 Å². The van der Waals surface area contributed by atoms with Crippen LogP contribution in [-0.2, 0) is 14.8 Å². The van der Waals surface area contributed by atoms with E-state index in [0.29, 0.717) is 0 Å². The second-order valence-electron chi connectivity index (χ2n) is 4.24. The Morgan fingerprint density at radius 1 is 1.47 bits per heavy atom. The van der Waals surface area contributed by atoms with Gasteiger partial charge in [0.05, 0.1) is 10.9 Å². The molecule has 1 unspecified atom stereocenters. The van der Waals surface area contributed by atoms with Crippen LogP contribution in [-0.4, -0.2) is 36.9 Å². The Balaban J connectivity index is 2.37. The Kier molecular flexibility index (Phi) is 3.80. The Bertz CT molecular complexity index is 599. The Morgan fingerprint density at radius 2 is 2.16 bits per heavy atom. The van der Waals surface area contributed by atoms with Crippen LogP contribution in [0.3, 0.4) is 0 Å². The molecule has 2 rings (SSSR count). The lowest BCUT2D eigenvalue weighted by Gasteiger charge is -2.17. The van der Waals surface area contributed by atoms with Crippen molar-refractivity contribution in [3.63, 3.8) is 0 Å². The van der Waals surface area contributed by atoms with E-state index in [2.05, 4.69) is 0 Å². The highest BCUT2D eigenvalue weighted by atomic mass is 35.5. The van der Waals surface area contributed by atoms with Gasteiger partial charge in [-0.2, -0.15) is 4.31 Å². The van der Waals surface area contributed by atoms with Crippen molar-refractivity contribution in [3.05, 3.63) is 29.0 Å². The summed E-state index contributed by atoms with van der Waals surface area (Å²) in [7, 11) is -4.10. The summed E-state index contributed by atoms with van der Waals surface area (Å²) in [6.07, 6.45) is 0.209. The summed E-state index contributed by atoms with van der Waals surface area (Å²) < 4.78 is 39.1. The first-order valence-corrected chi connectivity index (χ1v) is 7.33. The largest absolute Gasteiger partial charge is 0.481 e. The lowest BCUT2D eigenvalue weighted by atomic mass is 10.1. The lowest BCUT2D eigenvalue weighted by molar-refractivity contribution is -0.141. The van der Waals surface area contributed by atoms with Crippen LogP contribution in [0.2, 0.25) is 5.02 Å². The standard InChI is InChI=1S/C11H11ClFNO4S/c12-8-2-1-3-9(13)10(8)19(17,18)14-5-4-7(6-14)11(15)16/h1-3,7H,4-6H2,(H,15,16). The molecule has 0 amide bonds. The zero-order chi connectivity index (χ0) is 14.2.